The summed E-state index contributed by atoms with van der Waals surface area (Å²) in [7, 11) is 0. The fraction of sp³-hybridized carbons (Fsp3) is 0.545. The molecule has 1 unspecified atom stereocenters. The van der Waals surface area contributed by atoms with Crippen molar-refractivity contribution < 1.29 is 9.90 Å². The molecule has 1 saturated heterocycles. The number of aromatic nitrogens is 2. The number of nitrogens with zero attached hydrogens (tertiary/aromatic N) is 1. The van der Waals surface area contributed by atoms with E-state index >= 15 is 0 Å². The van der Waals surface area contributed by atoms with Crippen molar-refractivity contribution in [2.24, 2.45) is 0 Å². The molecule has 2 heterocycles. The zero-order chi connectivity index (χ0) is 13.3. The molecular weight excluding hydrogens is 238 g/mol. The number of aromatic hydroxyl groups is 1. The van der Waals surface area contributed by atoms with Gasteiger partial charge >= 0.3 is 5.69 Å². The largest absolute Gasteiger partial charge is 0.494 e. The Hall–Kier alpha value is -2.05. The first kappa shape index (κ1) is 12.4. The molecule has 0 spiro atoms. The van der Waals surface area contributed by atoms with Crippen molar-refractivity contribution in [3.63, 3.8) is 0 Å². The first-order chi connectivity index (χ1) is 8.54. The lowest BCUT2D eigenvalue weighted by Crippen LogP contribution is -2.42. The molecule has 1 fully saturated rings. The van der Waals surface area contributed by atoms with Crippen LogP contribution in [-0.2, 0) is 11.2 Å². The van der Waals surface area contributed by atoms with Crippen molar-refractivity contribution in [3.05, 3.63) is 26.4 Å². The summed E-state index contributed by atoms with van der Waals surface area (Å²) < 4.78 is 1.15. The number of piperidine rings is 1. The summed E-state index contributed by atoms with van der Waals surface area (Å²) in [4.78, 5) is 36.5. The van der Waals surface area contributed by atoms with Gasteiger partial charge in [0.2, 0.25) is 11.8 Å². The lowest BCUT2D eigenvalue weighted by molar-refractivity contribution is -0.122. The number of nitrogens with one attached hydrogen (secondary N) is 2. The van der Waals surface area contributed by atoms with Gasteiger partial charge in [-0.1, -0.05) is 6.92 Å². The highest BCUT2D eigenvalue weighted by atomic mass is 16.3. The van der Waals surface area contributed by atoms with E-state index < -0.39 is 11.2 Å². The van der Waals surface area contributed by atoms with Gasteiger partial charge < -0.3 is 10.4 Å². The maximum absolute atomic E-state index is 11.7. The first-order valence-corrected chi connectivity index (χ1v) is 5.88. The van der Waals surface area contributed by atoms with Gasteiger partial charge in [0.15, 0.2) is 0 Å². The Morgan fingerprint density at radius 2 is 2.11 bits per heavy atom. The second kappa shape index (κ2) is 4.67. The minimum absolute atomic E-state index is 0.0704. The highest BCUT2D eigenvalue weighted by molar-refractivity contribution is 5.76. The standard InChI is InChI=1S/C11H15N3O4/c1-2-7-9(16)13-11(18)14(10(7)17)6-3-4-8(15)12-5-6/h6,17H,2-5H2,1H3,(H,12,15)(H,13,16,18). The summed E-state index contributed by atoms with van der Waals surface area (Å²) in [5, 5.41) is 12.6. The minimum atomic E-state index is -0.643. The molecule has 1 amide bonds. The summed E-state index contributed by atoms with van der Waals surface area (Å²) in [5.74, 6) is -0.369. The molecule has 2 rings (SSSR count). The lowest BCUT2D eigenvalue weighted by atomic mass is 10.1. The molecule has 1 aromatic heterocycles. The second-order valence-electron chi connectivity index (χ2n) is 4.28. The van der Waals surface area contributed by atoms with Gasteiger partial charge in [0.1, 0.15) is 0 Å². The molecule has 0 radical (unpaired) electrons. The van der Waals surface area contributed by atoms with Gasteiger partial charge in [0, 0.05) is 13.0 Å². The molecule has 7 heteroatoms. The Morgan fingerprint density at radius 3 is 2.67 bits per heavy atom. The van der Waals surface area contributed by atoms with E-state index in [0.29, 0.717) is 19.3 Å². The first-order valence-electron chi connectivity index (χ1n) is 5.88. The van der Waals surface area contributed by atoms with Gasteiger partial charge in [-0.05, 0) is 12.8 Å². The van der Waals surface area contributed by atoms with E-state index in [1.807, 2.05) is 0 Å². The molecule has 1 aliphatic heterocycles. The highest BCUT2D eigenvalue weighted by Crippen LogP contribution is 2.21. The summed E-state index contributed by atoms with van der Waals surface area (Å²) in [6.45, 7) is 2.00. The highest BCUT2D eigenvalue weighted by Gasteiger charge is 2.24. The number of rotatable bonds is 2. The van der Waals surface area contributed by atoms with Crippen molar-refractivity contribution >= 4 is 5.91 Å². The average molecular weight is 253 g/mol. The molecule has 18 heavy (non-hydrogen) atoms. The van der Waals surface area contributed by atoms with E-state index in [4.69, 9.17) is 0 Å². The summed E-state index contributed by atoms with van der Waals surface area (Å²) >= 11 is 0. The van der Waals surface area contributed by atoms with Crippen LogP contribution in [0.2, 0.25) is 0 Å². The Labute approximate surface area is 102 Å². The van der Waals surface area contributed by atoms with Gasteiger partial charge in [-0.3, -0.25) is 19.1 Å². The molecule has 98 valence electrons. The normalized spacial score (nSPS) is 19.6. The van der Waals surface area contributed by atoms with E-state index in [1.54, 1.807) is 6.92 Å². The van der Waals surface area contributed by atoms with Crippen LogP contribution in [0.3, 0.4) is 0 Å². The topological polar surface area (TPSA) is 104 Å². The van der Waals surface area contributed by atoms with Crippen molar-refractivity contribution in [2.45, 2.75) is 32.2 Å². The van der Waals surface area contributed by atoms with Crippen LogP contribution in [0.15, 0.2) is 9.59 Å². The van der Waals surface area contributed by atoms with E-state index in [2.05, 4.69) is 10.3 Å². The van der Waals surface area contributed by atoms with E-state index in [1.165, 1.54) is 0 Å². The van der Waals surface area contributed by atoms with Gasteiger partial charge in [-0.2, -0.15) is 0 Å². The van der Waals surface area contributed by atoms with Crippen LogP contribution in [-0.4, -0.2) is 27.1 Å². The third-order valence-electron chi connectivity index (χ3n) is 3.17. The number of carbonyl (C=O) groups excluding carboxylic acids is 1. The van der Waals surface area contributed by atoms with Crippen LogP contribution in [0.4, 0.5) is 0 Å². The third-order valence-corrected chi connectivity index (χ3v) is 3.17. The van der Waals surface area contributed by atoms with Crippen LogP contribution in [0.5, 0.6) is 5.88 Å². The van der Waals surface area contributed by atoms with Crippen molar-refractivity contribution in [1.29, 1.82) is 0 Å². The molecule has 0 bridgehead atoms. The quantitative estimate of drug-likeness (QED) is 0.645. The molecule has 7 nitrogen and oxygen atoms in total. The minimum Gasteiger partial charge on any atom is -0.494 e. The molecule has 0 saturated carbocycles. The average Bonchev–Trinajstić information content (AvgIpc) is 2.31. The maximum atomic E-state index is 11.7. The number of hydrogen-bond donors (Lipinski definition) is 3. The van der Waals surface area contributed by atoms with Crippen LogP contribution >= 0.6 is 0 Å². The van der Waals surface area contributed by atoms with Gasteiger partial charge in [-0.25, -0.2) is 4.79 Å². The predicted molar refractivity (Wildman–Crippen MR) is 63.6 cm³/mol. The molecule has 0 aromatic carbocycles. The van der Waals surface area contributed by atoms with E-state index in [-0.39, 0.29) is 29.9 Å². The van der Waals surface area contributed by atoms with Crippen LogP contribution < -0.4 is 16.6 Å². The molecule has 1 aromatic rings. The summed E-state index contributed by atoms with van der Waals surface area (Å²) in [6.07, 6.45) is 1.10. The predicted octanol–water partition coefficient (Wildman–Crippen LogP) is -0.744. The summed E-state index contributed by atoms with van der Waals surface area (Å²) in [6, 6.07) is -0.322. The number of aromatic amines is 1. The second-order valence-corrected chi connectivity index (χ2v) is 4.28. The van der Waals surface area contributed by atoms with Crippen molar-refractivity contribution in [2.75, 3.05) is 6.54 Å². The molecule has 1 aliphatic rings. The summed E-state index contributed by atoms with van der Waals surface area (Å²) in [5.41, 5.74) is -1.02. The molecule has 3 N–H and O–H groups in total. The number of carbonyl (C=O) groups is 1. The van der Waals surface area contributed by atoms with Gasteiger partial charge in [0.25, 0.3) is 5.56 Å². The third kappa shape index (κ3) is 2.03. The van der Waals surface area contributed by atoms with E-state index in [0.717, 1.165) is 4.57 Å². The van der Waals surface area contributed by atoms with Crippen LogP contribution in [0.25, 0.3) is 0 Å². The Balaban J connectivity index is 2.48. The van der Waals surface area contributed by atoms with Crippen molar-refractivity contribution in [3.8, 4) is 5.88 Å². The zero-order valence-electron chi connectivity index (χ0n) is 10.0. The number of amides is 1. The van der Waals surface area contributed by atoms with Crippen molar-refractivity contribution in [1.82, 2.24) is 14.9 Å². The zero-order valence-corrected chi connectivity index (χ0v) is 10.0. The number of hydrogen-bond acceptors (Lipinski definition) is 4. The molecular formula is C11H15N3O4. The molecule has 0 aliphatic carbocycles. The Morgan fingerprint density at radius 1 is 1.39 bits per heavy atom. The fourth-order valence-corrected chi connectivity index (χ4v) is 2.17. The van der Waals surface area contributed by atoms with Gasteiger partial charge in [0.05, 0.1) is 11.6 Å². The monoisotopic (exact) mass is 253 g/mol. The van der Waals surface area contributed by atoms with E-state index in [9.17, 15) is 19.5 Å². The Bertz CT molecular complexity index is 577. The smallest absolute Gasteiger partial charge is 0.331 e. The SMILES string of the molecule is CCc1c(O)n(C2CCC(=O)NC2)c(=O)[nH]c1=O. The Kier molecular flexibility index (Phi) is 3.22. The fourth-order valence-electron chi connectivity index (χ4n) is 2.17. The van der Waals surface area contributed by atoms with Crippen LogP contribution in [0, 0.1) is 0 Å². The lowest BCUT2D eigenvalue weighted by Gasteiger charge is -2.25. The number of H-pyrrole nitrogens is 1. The molecule has 1 atom stereocenters. The van der Waals surface area contributed by atoms with Crippen LogP contribution in [0.1, 0.15) is 31.4 Å². The maximum Gasteiger partial charge on any atom is 0.331 e. The van der Waals surface area contributed by atoms with Gasteiger partial charge in [-0.15, -0.1) is 0 Å².